The average Bonchev–Trinajstić information content (AvgIpc) is 2.03. The first-order chi connectivity index (χ1) is 5.99. The van der Waals surface area contributed by atoms with Gasteiger partial charge in [-0.05, 0) is 11.5 Å². The summed E-state index contributed by atoms with van der Waals surface area (Å²) in [6, 6.07) is 12.2. The molecule has 0 aliphatic rings. The highest BCUT2D eigenvalue weighted by Crippen LogP contribution is 2.25. The molecule has 1 atom stereocenters. The van der Waals surface area contributed by atoms with Crippen molar-refractivity contribution in [1.29, 1.82) is 0 Å². The van der Waals surface area contributed by atoms with Gasteiger partial charge in [0.25, 0.3) is 0 Å². The summed E-state index contributed by atoms with van der Waals surface area (Å²) in [6.07, 6.45) is 0. The van der Waals surface area contributed by atoms with Gasteiger partial charge in [0.15, 0.2) is 0 Å². The highest BCUT2D eigenvalue weighted by molar-refractivity contribution is 6.76. The Hall–Kier alpha value is -0.563. The average molecular weight is 192 g/mol. The Kier molecular flexibility index (Phi) is 3.31. The van der Waals surface area contributed by atoms with Crippen LogP contribution in [-0.4, -0.2) is 8.07 Å². The molecule has 1 aromatic rings. The molecule has 0 nitrogen and oxygen atoms in total. The van der Waals surface area contributed by atoms with Crippen LogP contribution in [0.1, 0.15) is 18.4 Å². The quantitative estimate of drug-likeness (QED) is 0.632. The molecule has 0 aliphatic heterocycles. The lowest BCUT2D eigenvalue weighted by Gasteiger charge is -2.21. The smallest absolute Gasteiger partial charge is 0.0448 e. The fraction of sp³-hybridized carbons (Fsp3) is 0.500. The van der Waals surface area contributed by atoms with Crippen LogP contribution in [0, 0.1) is 0 Å². The normalized spacial score (nSPS) is 14.2. The van der Waals surface area contributed by atoms with Crippen LogP contribution in [0.25, 0.3) is 0 Å². The van der Waals surface area contributed by atoms with E-state index in [1.54, 1.807) is 0 Å². The van der Waals surface area contributed by atoms with Gasteiger partial charge in [0, 0.05) is 8.07 Å². The minimum atomic E-state index is -0.903. The van der Waals surface area contributed by atoms with Crippen LogP contribution in [-0.2, 0) is 0 Å². The summed E-state index contributed by atoms with van der Waals surface area (Å²) in [7, 11) is -0.903. The largest absolute Gasteiger partial charge is 0.0695 e. The van der Waals surface area contributed by atoms with Crippen LogP contribution in [0.15, 0.2) is 30.3 Å². The van der Waals surface area contributed by atoms with E-state index in [0.717, 1.165) is 5.92 Å². The van der Waals surface area contributed by atoms with Crippen LogP contribution in [0.3, 0.4) is 0 Å². The SMILES string of the molecule is CC(C[Si](C)(C)C)c1ccccc1. The van der Waals surface area contributed by atoms with Gasteiger partial charge in [-0.15, -0.1) is 0 Å². The summed E-state index contributed by atoms with van der Waals surface area (Å²) in [6.45, 7) is 9.65. The number of rotatable bonds is 3. The Morgan fingerprint density at radius 1 is 1.08 bits per heavy atom. The maximum Gasteiger partial charge on any atom is 0.0448 e. The van der Waals surface area contributed by atoms with Crippen molar-refractivity contribution in [3.05, 3.63) is 35.9 Å². The summed E-state index contributed by atoms with van der Waals surface area (Å²) >= 11 is 0. The maximum atomic E-state index is 2.44. The Balaban J connectivity index is 2.64. The van der Waals surface area contributed by atoms with Crippen molar-refractivity contribution in [3.63, 3.8) is 0 Å². The molecule has 0 heterocycles. The zero-order chi connectivity index (χ0) is 9.90. The number of hydrogen-bond donors (Lipinski definition) is 0. The van der Waals surface area contributed by atoms with Crippen molar-refractivity contribution < 1.29 is 0 Å². The number of benzene rings is 1. The second kappa shape index (κ2) is 4.10. The van der Waals surface area contributed by atoms with Gasteiger partial charge in [-0.1, -0.05) is 62.9 Å². The summed E-state index contributed by atoms with van der Waals surface area (Å²) < 4.78 is 0. The van der Waals surface area contributed by atoms with Crippen molar-refractivity contribution in [3.8, 4) is 0 Å². The summed E-state index contributed by atoms with van der Waals surface area (Å²) in [5, 5.41) is 0. The van der Waals surface area contributed by atoms with Crippen LogP contribution in [0.2, 0.25) is 25.7 Å². The van der Waals surface area contributed by atoms with Gasteiger partial charge in [-0.2, -0.15) is 0 Å². The molecule has 1 heteroatoms. The third-order valence-electron chi connectivity index (χ3n) is 2.29. The molecule has 0 N–H and O–H groups in total. The minimum Gasteiger partial charge on any atom is -0.0695 e. The van der Waals surface area contributed by atoms with E-state index < -0.39 is 8.07 Å². The molecule has 0 spiro atoms. The molecule has 1 rings (SSSR count). The van der Waals surface area contributed by atoms with E-state index in [2.05, 4.69) is 56.9 Å². The van der Waals surface area contributed by atoms with E-state index in [0.29, 0.717) is 0 Å². The van der Waals surface area contributed by atoms with E-state index in [-0.39, 0.29) is 0 Å². The first-order valence-electron chi connectivity index (χ1n) is 5.04. The van der Waals surface area contributed by atoms with Crippen LogP contribution >= 0.6 is 0 Å². The summed E-state index contributed by atoms with van der Waals surface area (Å²) in [5.41, 5.74) is 1.49. The summed E-state index contributed by atoms with van der Waals surface area (Å²) in [5.74, 6) is 0.730. The highest BCUT2D eigenvalue weighted by atomic mass is 28.3. The Morgan fingerprint density at radius 3 is 2.08 bits per heavy atom. The third-order valence-corrected chi connectivity index (χ3v) is 4.12. The molecule has 0 saturated heterocycles. The Bertz CT molecular complexity index is 246. The maximum absolute atomic E-state index is 2.44. The van der Waals surface area contributed by atoms with E-state index in [9.17, 15) is 0 Å². The van der Waals surface area contributed by atoms with Gasteiger partial charge < -0.3 is 0 Å². The van der Waals surface area contributed by atoms with Crippen LogP contribution < -0.4 is 0 Å². The first-order valence-corrected chi connectivity index (χ1v) is 8.75. The van der Waals surface area contributed by atoms with Crippen molar-refractivity contribution in [2.24, 2.45) is 0 Å². The molecular weight excluding hydrogens is 172 g/mol. The molecule has 0 fully saturated rings. The summed E-state index contributed by atoms with van der Waals surface area (Å²) in [4.78, 5) is 0. The van der Waals surface area contributed by atoms with Gasteiger partial charge in [-0.25, -0.2) is 0 Å². The monoisotopic (exact) mass is 192 g/mol. The molecule has 72 valence electrons. The van der Waals surface area contributed by atoms with Crippen LogP contribution in [0.5, 0.6) is 0 Å². The lowest BCUT2D eigenvalue weighted by Crippen LogP contribution is -2.21. The van der Waals surface area contributed by atoms with Crippen LogP contribution in [0.4, 0.5) is 0 Å². The molecule has 0 aliphatic carbocycles. The molecule has 0 amide bonds. The Labute approximate surface area is 83.0 Å². The van der Waals surface area contributed by atoms with Crippen molar-refractivity contribution in [2.45, 2.75) is 38.5 Å². The third kappa shape index (κ3) is 3.77. The molecule has 1 unspecified atom stereocenters. The topological polar surface area (TPSA) is 0 Å². The van der Waals surface area contributed by atoms with E-state index in [1.165, 1.54) is 11.6 Å². The van der Waals surface area contributed by atoms with Gasteiger partial charge in [0.2, 0.25) is 0 Å². The Morgan fingerprint density at radius 2 is 1.62 bits per heavy atom. The predicted octanol–water partition coefficient (Wildman–Crippen LogP) is 4.13. The van der Waals surface area contributed by atoms with Gasteiger partial charge in [0.05, 0.1) is 0 Å². The second-order valence-electron chi connectivity index (χ2n) is 5.08. The molecule has 13 heavy (non-hydrogen) atoms. The molecule has 0 saturated carbocycles. The molecule has 0 radical (unpaired) electrons. The zero-order valence-electron chi connectivity index (χ0n) is 9.17. The second-order valence-corrected chi connectivity index (χ2v) is 10.6. The fourth-order valence-electron chi connectivity index (χ4n) is 1.82. The fourth-order valence-corrected chi connectivity index (χ4v) is 3.89. The van der Waals surface area contributed by atoms with Gasteiger partial charge >= 0.3 is 0 Å². The van der Waals surface area contributed by atoms with E-state index in [1.807, 2.05) is 0 Å². The van der Waals surface area contributed by atoms with Crippen molar-refractivity contribution in [1.82, 2.24) is 0 Å². The standard InChI is InChI=1S/C12H20Si/c1-11(10-13(2,3)4)12-8-6-5-7-9-12/h5-9,11H,10H2,1-4H3. The lowest BCUT2D eigenvalue weighted by atomic mass is 10.0. The molecular formula is C12H20Si. The van der Waals surface area contributed by atoms with Gasteiger partial charge in [0.1, 0.15) is 0 Å². The van der Waals surface area contributed by atoms with Crippen molar-refractivity contribution >= 4 is 8.07 Å². The molecule has 1 aromatic carbocycles. The van der Waals surface area contributed by atoms with Crippen molar-refractivity contribution in [2.75, 3.05) is 0 Å². The van der Waals surface area contributed by atoms with Gasteiger partial charge in [-0.3, -0.25) is 0 Å². The van der Waals surface area contributed by atoms with E-state index >= 15 is 0 Å². The highest BCUT2D eigenvalue weighted by Gasteiger charge is 2.17. The number of hydrogen-bond acceptors (Lipinski definition) is 0. The first kappa shape index (κ1) is 10.5. The molecule has 0 bridgehead atoms. The zero-order valence-corrected chi connectivity index (χ0v) is 10.2. The predicted molar refractivity (Wildman–Crippen MR) is 63.0 cm³/mol. The van der Waals surface area contributed by atoms with E-state index in [4.69, 9.17) is 0 Å². The minimum absolute atomic E-state index is 0.730. The lowest BCUT2D eigenvalue weighted by molar-refractivity contribution is 0.845. The molecule has 0 aromatic heterocycles.